The van der Waals surface area contributed by atoms with E-state index in [0.717, 1.165) is 4.90 Å². The third-order valence-electron chi connectivity index (χ3n) is 2.24. The summed E-state index contributed by atoms with van der Waals surface area (Å²) in [6.45, 7) is 2.39. The molecule has 1 aromatic heterocycles. The number of nitrogens with zero attached hydrogens (tertiary/aromatic N) is 2. The highest BCUT2D eigenvalue weighted by Crippen LogP contribution is 2.43. The lowest BCUT2D eigenvalue weighted by molar-refractivity contribution is -0.0329. The highest BCUT2D eigenvalue weighted by molar-refractivity contribution is 8.02. The molecule has 0 N–H and O–H groups in total. The van der Waals surface area contributed by atoms with E-state index in [1.165, 1.54) is 18.0 Å². The van der Waals surface area contributed by atoms with Crippen molar-refractivity contribution >= 4 is 23.5 Å². The molecule has 0 aliphatic carbocycles. The van der Waals surface area contributed by atoms with Crippen LogP contribution in [0.1, 0.15) is 6.92 Å². The van der Waals surface area contributed by atoms with Crippen molar-refractivity contribution in [1.82, 2.24) is 9.78 Å². The molecule has 1 heterocycles. The first-order valence-electron chi connectivity index (χ1n) is 5.54. The van der Waals surface area contributed by atoms with E-state index >= 15 is 0 Å². The number of aryl methyl sites for hydroxylation is 1. The molecule has 1 aromatic carbocycles. The van der Waals surface area contributed by atoms with Gasteiger partial charge < -0.3 is 0 Å². The average molecular weight is 304 g/mol. The molecule has 0 saturated heterocycles. The van der Waals surface area contributed by atoms with E-state index in [4.69, 9.17) is 0 Å². The van der Waals surface area contributed by atoms with Crippen LogP contribution < -0.4 is 0 Å². The average Bonchev–Trinajstić information content (AvgIpc) is 2.71. The number of thioether (sulfide) groups is 1. The number of aromatic nitrogens is 2. The van der Waals surface area contributed by atoms with E-state index in [2.05, 4.69) is 5.10 Å². The maximum atomic E-state index is 12.5. The van der Waals surface area contributed by atoms with Crippen molar-refractivity contribution in [3.8, 4) is 0 Å². The van der Waals surface area contributed by atoms with Crippen LogP contribution in [0, 0.1) is 0 Å². The molecule has 0 saturated carbocycles. The first-order chi connectivity index (χ1) is 8.99. The van der Waals surface area contributed by atoms with Gasteiger partial charge in [-0.1, -0.05) is 30.0 Å². The number of hydrogen-bond donors (Lipinski definition) is 0. The molecule has 0 fully saturated rings. The van der Waals surface area contributed by atoms with Gasteiger partial charge in [-0.05, 0) is 30.8 Å². The first-order valence-corrected chi connectivity index (χ1v) is 7.17. The first kappa shape index (κ1) is 14.3. The minimum atomic E-state index is -4.30. The molecule has 0 radical (unpaired) electrons. The second-order valence-electron chi connectivity index (χ2n) is 3.59. The molecule has 0 aliphatic heterocycles. The molecule has 0 atom stereocenters. The zero-order valence-corrected chi connectivity index (χ0v) is 11.6. The lowest BCUT2D eigenvalue weighted by atomic mass is 10.4. The summed E-state index contributed by atoms with van der Waals surface area (Å²) < 4.78 is 39.0. The number of rotatable bonds is 4. The summed E-state index contributed by atoms with van der Waals surface area (Å²) in [5, 5.41) is 4.51. The third-order valence-corrected chi connectivity index (χ3v) is 4.25. The predicted molar refractivity (Wildman–Crippen MR) is 70.4 cm³/mol. The quantitative estimate of drug-likeness (QED) is 0.765. The van der Waals surface area contributed by atoms with Crippen LogP contribution in [0.15, 0.2) is 51.3 Å². The van der Waals surface area contributed by atoms with E-state index in [0.29, 0.717) is 11.6 Å². The molecular weight excluding hydrogens is 293 g/mol. The monoisotopic (exact) mass is 304 g/mol. The largest absolute Gasteiger partial charge is 0.446 e. The highest BCUT2D eigenvalue weighted by atomic mass is 32.2. The van der Waals surface area contributed by atoms with Gasteiger partial charge in [-0.15, -0.1) is 0 Å². The van der Waals surface area contributed by atoms with Gasteiger partial charge in [-0.3, -0.25) is 4.68 Å². The smallest absolute Gasteiger partial charge is 0.258 e. The van der Waals surface area contributed by atoms with E-state index in [9.17, 15) is 13.2 Å². The van der Waals surface area contributed by atoms with E-state index < -0.39 is 5.51 Å². The molecule has 7 heteroatoms. The van der Waals surface area contributed by atoms with E-state index in [1.54, 1.807) is 4.68 Å². The highest BCUT2D eigenvalue weighted by Gasteiger charge is 2.32. The third kappa shape index (κ3) is 3.94. The van der Waals surface area contributed by atoms with Gasteiger partial charge in [-0.2, -0.15) is 18.3 Å². The number of halogens is 3. The van der Waals surface area contributed by atoms with Gasteiger partial charge in [0.2, 0.25) is 0 Å². The Balaban J connectivity index is 2.29. The Morgan fingerprint density at radius 2 is 1.89 bits per heavy atom. The summed E-state index contributed by atoms with van der Waals surface area (Å²) in [5.41, 5.74) is -4.30. The molecule has 0 aliphatic rings. The maximum absolute atomic E-state index is 12.5. The number of benzene rings is 1. The summed E-state index contributed by atoms with van der Waals surface area (Å²) in [6, 6.07) is 9.29. The Labute approximate surface area is 117 Å². The van der Waals surface area contributed by atoms with Gasteiger partial charge in [0.15, 0.2) is 0 Å². The van der Waals surface area contributed by atoms with Gasteiger partial charge >= 0.3 is 5.51 Å². The summed E-state index contributed by atoms with van der Waals surface area (Å²) >= 11 is 1.17. The van der Waals surface area contributed by atoms with Gasteiger partial charge in [0, 0.05) is 11.4 Å². The maximum Gasteiger partial charge on any atom is 0.446 e. The van der Waals surface area contributed by atoms with Crippen LogP contribution in [0.3, 0.4) is 0 Å². The molecule has 102 valence electrons. The second kappa shape index (κ2) is 5.92. The van der Waals surface area contributed by atoms with Crippen LogP contribution >= 0.6 is 23.5 Å². The molecular formula is C12H11F3N2S2. The number of hydrogen-bond acceptors (Lipinski definition) is 3. The molecule has 0 bridgehead atoms. The van der Waals surface area contributed by atoms with Crippen molar-refractivity contribution in [3.05, 3.63) is 36.5 Å². The van der Waals surface area contributed by atoms with Crippen molar-refractivity contribution in [1.29, 1.82) is 0 Å². The Hall–Kier alpha value is -1.08. The Morgan fingerprint density at radius 1 is 1.21 bits per heavy atom. The SMILES string of the molecule is CCn1ncc(SC(F)(F)F)c1Sc1ccccc1. The zero-order valence-electron chi connectivity index (χ0n) is 10.0. The minimum absolute atomic E-state index is 0.121. The summed E-state index contributed by atoms with van der Waals surface area (Å²) in [7, 11) is 0. The standard InChI is InChI=1S/C12H11F3N2S2/c1-2-17-11(18-9-6-4-3-5-7-9)10(8-16-17)19-12(13,14)15/h3-8H,2H2,1H3. The Kier molecular flexibility index (Phi) is 4.46. The summed E-state index contributed by atoms with van der Waals surface area (Å²) in [6.07, 6.45) is 1.27. The van der Waals surface area contributed by atoms with Crippen molar-refractivity contribution in [2.75, 3.05) is 0 Å². The van der Waals surface area contributed by atoms with Gasteiger partial charge in [0.05, 0.1) is 11.1 Å². The van der Waals surface area contributed by atoms with Gasteiger partial charge in [0.1, 0.15) is 5.03 Å². The number of alkyl halides is 3. The predicted octanol–water partition coefficient (Wildman–Crippen LogP) is 4.67. The van der Waals surface area contributed by atoms with Crippen LogP contribution in [0.4, 0.5) is 13.2 Å². The lowest BCUT2D eigenvalue weighted by Gasteiger charge is -2.08. The van der Waals surface area contributed by atoms with E-state index in [1.807, 2.05) is 37.3 Å². The lowest BCUT2D eigenvalue weighted by Crippen LogP contribution is -2.01. The minimum Gasteiger partial charge on any atom is -0.258 e. The molecule has 2 rings (SSSR count). The molecule has 2 nitrogen and oxygen atoms in total. The van der Waals surface area contributed by atoms with E-state index in [-0.39, 0.29) is 16.7 Å². The van der Waals surface area contributed by atoms with Crippen LogP contribution in [0.2, 0.25) is 0 Å². The molecule has 19 heavy (non-hydrogen) atoms. The van der Waals surface area contributed by atoms with Crippen LogP contribution in [0.5, 0.6) is 0 Å². The molecule has 2 aromatic rings. The summed E-state index contributed by atoms with van der Waals surface area (Å²) in [5.74, 6) is 0. The molecule has 0 spiro atoms. The fourth-order valence-corrected chi connectivity index (χ4v) is 3.22. The van der Waals surface area contributed by atoms with Gasteiger partial charge in [-0.25, -0.2) is 0 Å². The second-order valence-corrected chi connectivity index (χ2v) is 5.76. The van der Waals surface area contributed by atoms with Crippen LogP contribution in [-0.4, -0.2) is 15.3 Å². The van der Waals surface area contributed by atoms with Crippen molar-refractivity contribution < 1.29 is 13.2 Å². The topological polar surface area (TPSA) is 17.8 Å². The van der Waals surface area contributed by atoms with Crippen LogP contribution in [0.25, 0.3) is 0 Å². The summed E-state index contributed by atoms with van der Waals surface area (Å²) in [4.78, 5) is 1.03. The molecule has 0 amide bonds. The fraction of sp³-hybridized carbons (Fsp3) is 0.250. The normalized spacial score (nSPS) is 11.8. The van der Waals surface area contributed by atoms with Crippen molar-refractivity contribution in [2.45, 2.75) is 33.8 Å². The van der Waals surface area contributed by atoms with Gasteiger partial charge in [0.25, 0.3) is 0 Å². The zero-order chi connectivity index (χ0) is 13.9. The Bertz CT molecular complexity index is 538. The van der Waals surface area contributed by atoms with Crippen LogP contribution in [-0.2, 0) is 6.54 Å². The Morgan fingerprint density at radius 3 is 2.47 bits per heavy atom. The fourth-order valence-electron chi connectivity index (χ4n) is 1.48. The van der Waals surface area contributed by atoms with Crippen molar-refractivity contribution in [2.24, 2.45) is 0 Å². The van der Waals surface area contributed by atoms with Crippen molar-refractivity contribution in [3.63, 3.8) is 0 Å². The molecule has 0 unspecified atom stereocenters.